The number of nitrogens with zero attached hydrogens (tertiary/aromatic N) is 3. The third-order valence-corrected chi connectivity index (χ3v) is 5.80. The molecule has 2 aliphatic rings. The van der Waals surface area contributed by atoms with Crippen LogP contribution in [0.4, 0.5) is 0 Å². The predicted molar refractivity (Wildman–Crippen MR) is 88.4 cm³/mol. The van der Waals surface area contributed by atoms with Crippen molar-refractivity contribution in [3.8, 4) is 18.2 Å². The SMILES string of the molecule is CC1C2(C)OC(=N)C1(C#N)C(C#N)(C#N)C(c1ccc(Cl)cc1Cl)O2. The van der Waals surface area contributed by atoms with Crippen LogP contribution in [0.25, 0.3) is 0 Å². The van der Waals surface area contributed by atoms with Gasteiger partial charge in [-0.25, -0.2) is 0 Å². The van der Waals surface area contributed by atoms with Crippen LogP contribution in [0.15, 0.2) is 18.2 Å². The normalized spacial score (nSPS) is 35.2. The molecule has 0 saturated carbocycles. The van der Waals surface area contributed by atoms with Gasteiger partial charge in [-0.3, -0.25) is 5.41 Å². The van der Waals surface area contributed by atoms with Crippen molar-refractivity contribution < 1.29 is 9.47 Å². The highest BCUT2D eigenvalue weighted by Crippen LogP contribution is 2.66. The van der Waals surface area contributed by atoms with Crippen LogP contribution in [-0.4, -0.2) is 11.7 Å². The summed E-state index contributed by atoms with van der Waals surface area (Å²) in [6.07, 6.45) is -1.18. The minimum Gasteiger partial charge on any atom is -0.448 e. The van der Waals surface area contributed by atoms with Gasteiger partial charge in [0, 0.05) is 22.5 Å². The van der Waals surface area contributed by atoms with Gasteiger partial charge < -0.3 is 9.47 Å². The maximum Gasteiger partial charge on any atom is 0.214 e. The van der Waals surface area contributed by atoms with Crippen LogP contribution >= 0.6 is 23.2 Å². The van der Waals surface area contributed by atoms with Gasteiger partial charge in [-0.15, -0.1) is 0 Å². The minimum atomic E-state index is -2.01. The number of fused-ring (bicyclic) bond motifs is 2. The summed E-state index contributed by atoms with van der Waals surface area (Å²) in [5.74, 6) is -2.49. The molecule has 6 nitrogen and oxygen atoms in total. The molecule has 1 N–H and O–H groups in total. The van der Waals surface area contributed by atoms with Crippen LogP contribution in [0.2, 0.25) is 10.0 Å². The van der Waals surface area contributed by atoms with Crippen LogP contribution < -0.4 is 0 Å². The first-order valence-electron chi connectivity index (χ1n) is 7.37. The molecule has 0 aromatic heterocycles. The number of nitriles is 3. The number of ether oxygens (including phenoxy) is 2. The van der Waals surface area contributed by atoms with Gasteiger partial charge in [0.2, 0.25) is 17.1 Å². The summed E-state index contributed by atoms with van der Waals surface area (Å²) in [7, 11) is 0. The van der Waals surface area contributed by atoms with Crippen LogP contribution in [0.5, 0.6) is 0 Å². The summed E-state index contributed by atoms with van der Waals surface area (Å²) < 4.78 is 11.5. The van der Waals surface area contributed by atoms with Gasteiger partial charge in [0.05, 0.1) is 24.1 Å². The predicted octanol–water partition coefficient (Wildman–Crippen LogP) is 3.97. The maximum atomic E-state index is 9.93. The highest BCUT2D eigenvalue weighted by Gasteiger charge is 2.78. The summed E-state index contributed by atoms with van der Waals surface area (Å²) in [6.45, 7) is 3.22. The molecule has 0 radical (unpaired) electrons. The zero-order valence-electron chi connectivity index (χ0n) is 13.3. The Morgan fingerprint density at radius 1 is 1.16 bits per heavy atom. The molecule has 4 atom stereocenters. The fraction of sp³-hybridized carbons (Fsp3) is 0.412. The molecule has 2 fully saturated rings. The van der Waals surface area contributed by atoms with Gasteiger partial charge in [-0.2, -0.15) is 15.8 Å². The maximum absolute atomic E-state index is 9.93. The van der Waals surface area contributed by atoms with Crippen LogP contribution in [0.3, 0.4) is 0 Å². The molecule has 0 spiro atoms. The molecule has 0 aliphatic carbocycles. The Bertz CT molecular complexity index is 899. The van der Waals surface area contributed by atoms with Gasteiger partial charge in [0.25, 0.3) is 0 Å². The van der Waals surface area contributed by atoms with Crippen molar-refractivity contribution in [2.24, 2.45) is 16.7 Å². The third kappa shape index (κ3) is 1.89. The molecule has 25 heavy (non-hydrogen) atoms. The molecule has 3 rings (SSSR count). The highest BCUT2D eigenvalue weighted by molar-refractivity contribution is 6.35. The Hall–Kier alpha value is -2.30. The van der Waals surface area contributed by atoms with E-state index in [4.69, 9.17) is 38.1 Å². The van der Waals surface area contributed by atoms with E-state index in [1.807, 2.05) is 18.2 Å². The molecule has 1 aromatic carbocycles. The van der Waals surface area contributed by atoms with Crippen molar-refractivity contribution >= 4 is 29.1 Å². The topological polar surface area (TPSA) is 114 Å². The van der Waals surface area contributed by atoms with Crippen molar-refractivity contribution in [3.63, 3.8) is 0 Å². The smallest absolute Gasteiger partial charge is 0.214 e. The van der Waals surface area contributed by atoms with Crippen LogP contribution in [0, 0.1) is 56.2 Å². The summed E-state index contributed by atoms with van der Waals surface area (Å²) in [4.78, 5) is 0. The molecule has 4 unspecified atom stereocenters. The first-order valence-corrected chi connectivity index (χ1v) is 8.12. The van der Waals surface area contributed by atoms with Crippen molar-refractivity contribution in [2.45, 2.75) is 25.7 Å². The molecule has 0 amide bonds. The lowest BCUT2D eigenvalue weighted by Crippen LogP contribution is -2.57. The number of nitrogens with one attached hydrogen (secondary N) is 1. The highest BCUT2D eigenvalue weighted by atomic mass is 35.5. The van der Waals surface area contributed by atoms with Crippen LogP contribution in [0.1, 0.15) is 25.5 Å². The summed E-state index contributed by atoms with van der Waals surface area (Å²) in [5, 5.41) is 38.6. The quantitative estimate of drug-likeness (QED) is 0.798. The van der Waals surface area contributed by atoms with Gasteiger partial charge >= 0.3 is 0 Å². The zero-order chi connectivity index (χ0) is 18.6. The molecule has 126 valence electrons. The molecule has 8 heteroatoms. The molecule has 2 aliphatic heterocycles. The second-order valence-corrected chi connectivity index (χ2v) is 7.13. The molecule has 2 heterocycles. The fourth-order valence-corrected chi connectivity index (χ4v) is 4.21. The van der Waals surface area contributed by atoms with Gasteiger partial charge in [-0.1, -0.05) is 36.2 Å². The van der Waals surface area contributed by atoms with Gasteiger partial charge in [-0.05, 0) is 12.1 Å². The number of hydrogen-bond donors (Lipinski definition) is 1. The largest absolute Gasteiger partial charge is 0.448 e. The second kappa shape index (κ2) is 5.35. The number of hydrogen-bond acceptors (Lipinski definition) is 6. The molecular weight excluding hydrogens is 363 g/mol. The van der Waals surface area contributed by atoms with Crippen molar-refractivity contribution in [1.29, 1.82) is 21.2 Å². The number of rotatable bonds is 1. The van der Waals surface area contributed by atoms with Gasteiger partial charge in [0.1, 0.15) is 6.10 Å². The lowest BCUT2D eigenvalue weighted by molar-refractivity contribution is -0.268. The monoisotopic (exact) mass is 374 g/mol. The van der Waals surface area contributed by atoms with Crippen molar-refractivity contribution in [2.75, 3.05) is 0 Å². The fourth-order valence-electron chi connectivity index (χ4n) is 3.70. The minimum absolute atomic E-state index is 0.199. The lowest BCUT2D eigenvalue weighted by atomic mass is 9.54. The van der Waals surface area contributed by atoms with Crippen molar-refractivity contribution in [1.82, 2.24) is 0 Å². The van der Waals surface area contributed by atoms with E-state index in [1.54, 1.807) is 26.0 Å². The van der Waals surface area contributed by atoms with E-state index in [0.29, 0.717) is 10.6 Å². The first kappa shape index (κ1) is 17.5. The van der Waals surface area contributed by atoms with E-state index in [9.17, 15) is 15.8 Å². The standard InChI is InChI=1S/C17H12Cl2N4O2/c1-9-15(2)24-13(11-4-3-10(18)5-12(11)19)16(6-20,7-21)17(9,8-22)14(23)25-15/h3-5,9,13,23H,1-2H3. The number of benzene rings is 1. The molecule has 2 saturated heterocycles. The summed E-state index contributed by atoms with van der Waals surface area (Å²) in [6, 6.07) is 10.5. The Morgan fingerprint density at radius 2 is 1.80 bits per heavy atom. The van der Waals surface area contributed by atoms with E-state index in [0.717, 1.165) is 0 Å². The average molecular weight is 375 g/mol. The molecule has 2 bridgehead atoms. The van der Waals surface area contributed by atoms with E-state index >= 15 is 0 Å². The Morgan fingerprint density at radius 3 is 2.32 bits per heavy atom. The Balaban J connectivity index is 2.35. The second-order valence-electron chi connectivity index (χ2n) is 6.28. The molecule has 1 aromatic rings. The lowest BCUT2D eigenvalue weighted by Gasteiger charge is -2.47. The Kier molecular flexibility index (Phi) is 3.75. The first-order chi connectivity index (χ1) is 11.7. The van der Waals surface area contributed by atoms with Crippen LogP contribution in [-0.2, 0) is 9.47 Å². The van der Waals surface area contributed by atoms with E-state index in [-0.39, 0.29) is 5.02 Å². The summed E-state index contributed by atoms with van der Waals surface area (Å²) >= 11 is 12.2. The average Bonchev–Trinajstić information content (AvgIpc) is 2.71. The molecular formula is C17H12Cl2N4O2. The van der Waals surface area contributed by atoms with Gasteiger partial charge in [0.15, 0.2) is 5.41 Å². The Labute approximate surface area is 154 Å². The third-order valence-electron chi connectivity index (χ3n) is 5.24. The zero-order valence-corrected chi connectivity index (χ0v) is 14.8. The van der Waals surface area contributed by atoms with E-state index < -0.39 is 34.5 Å². The van der Waals surface area contributed by atoms with E-state index in [2.05, 4.69) is 0 Å². The summed E-state index contributed by atoms with van der Waals surface area (Å²) in [5.41, 5.74) is -3.45. The van der Waals surface area contributed by atoms with Crippen molar-refractivity contribution in [3.05, 3.63) is 33.8 Å². The number of halogens is 2. The van der Waals surface area contributed by atoms with E-state index in [1.165, 1.54) is 6.07 Å².